The molecule has 4 nitrogen and oxygen atoms in total. The topological polar surface area (TPSA) is 43.8 Å². The molecule has 0 aromatic heterocycles. The smallest absolute Gasteiger partial charge is 0.236 e. The molecule has 20 heavy (non-hydrogen) atoms. The van der Waals surface area contributed by atoms with Crippen LogP contribution in [-0.2, 0) is 11.3 Å². The molecule has 0 saturated carbocycles. The zero-order valence-corrected chi connectivity index (χ0v) is 12.4. The highest BCUT2D eigenvalue weighted by Crippen LogP contribution is 2.11. The number of hydrogen-bond donors (Lipinski definition) is 1. The van der Waals surface area contributed by atoms with Gasteiger partial charge < -0.3 is 10.0 Å². The van der Waals surface area contributed by atoms with Crippen molar-refractivity contribution in [3.8, 4) is 0 Å². The van der Waals surface area contributed by atoms with Crippen LogP contribution < -0.4 is 0 Å². The van der Waals surface area contributed by atoms with E-state index in [1.54, 1.807) is 4.90 Å². The molecule has 1 heterocycles. The fourth-order valence-electron chi connectivity index (χ4n) is 2.54. The Kier molecular flexibility index (Phi) is 5.15. The van der Waals surface area contributed by atoms with Gasteiger partial charge in [-0.05, 0) is 31.9 Å². The maximum absolute atomic E-state index is 12.2. The minimum atomic E-state index is -0.279. The van der Waals surface area contributed by atoms with Crippen LogP contribution in [0.5, 0.6) is 0 Å². The van der Waals surface area contributed by atoms with Crippen LogP contribution in [0, 0.1) is 6.92 Å². The van der Waals surface area contributed by atoms with E-state index in [1.165, 1.54) is 5.56 Å². The number of rotatable bonds is 4. The number of aliphatic hydroxyl groups excluding tert-OH is 1. The summed E-state index contributed by atoms with van der Waals surface area (Å²) in [6.07, 6.45) is 1.54. The minimum absolute atomic E-state index is 0.111. The molecule has 1 aromatic rings. The zero-order valence-electron chi connectivity index (χ0n) is 12.4. The average Bonchev–Trinajstić information content (AvgIpc) is 2.41. The fraction of sp³-hybridized carbons (Fsp3) is 0.562. The Balaban J connectivity index is 1.83. The van der Waals surface area contributed by atoms with Crippen LogP contribution in [0.4, 0.5) is 0 Å². The van der Waals surface area contributed by atoms with E-state index < -0.39 is 0 Å². The van der Waals surface area contributed by atoms with Gasteiger partial charge >= 0.3 is 0 Å². The molecule has 4 heteroatoms. The van der Waals surface area contributed by atoms with E-state index >= 15 is 0 Å². The quantitative estimate of drug-likeness (QED) is 0.904. The van der Waals surface area contributed by atoms with Crippen molar-refractivity contribution in [1.29, 1.82) is 0 Å². The Morgan fingerprint density at radius 3 is 2.75 bits per heavy atom. The summed E-state index contributed by atoms with van der Waals surface area (Å²) < 4.78 is 0. The van der Waals surface area contributed by atoms with Crippen molar-refractivity contribution in [3.63, 3.8) is 0 Å². The maximum atomic E-state index is 12.2. The number of benzene rings is 1. The molecule has 1 atom stereocenters. The Bertz CT molecular complexity index is 444. The van der Waals surface area contributed by atoms with Crippen molar-refractivity contribution in [3.05, 3.63) is 35.4 Å². The first-order chi connectivity index (χ1) is 9.54. The van der Waals surface area contributed by atoms with Crippen molar-refractivity contribution in [2.24, 2.45) is 0 Å². The highest BCUT2D eigenvalue weighted by Gasteiger charge is 2.21. The van der Waals surface area contributed by atoms with Gasteiger partial charge in [0.05, 0.1) is 12.6 Å². The number of aliphatic hydroxyl groups is 1. The van der Waals surface area contributed by atoms with Crippen molar-refractivity contribution in [1.82, 2.24) is 9.80 Å². The second-order valence-corrected chi connectivity index (χ2v) is 5.77. The number of hydrogen-bond acceptors (Lipinski definition) is 3. The lowest BCUT2D eigenvalue weighted by atomic mass is 10.1. The molecule has 1 aliphatic rings. The number of amides is 1. The van der Waals surface area contributed by atoms with Gasteiger partial charge in [-0.1, -0.05) is 29.8 Å². The van der Waals surface area contributed by atoms with Gasteiger partial charge in [-0.2, -0.15) is 0 Å². The molecule has 0 aliphatic carbocycles. The van der Waals surface area contributed by atoms with Gasteiger partial charge in [0.2, 0.25) is 5.91 Å². The summed E-state index contributed by atoms with van der Waals surface area (Å²) in [4.78, 5) is 16.0. The number of aryl methyl sites for hydroxylation is 1. The largest absolute Gasteiger partial charge is 0.392 e. The zero-order chi connectivity index (χ0) is 14.5. The molecule has 1 amide bonds. The van der Waals surface area contributed by atoms with Gasteiger partial charge in [0.25, 0.3) is 0 Å². The number of carbonyl (C=O) groups excluding carboxylic acids is 1. The van der Waals surface area contributed by atoms with Crippen molar-refractivity contribution in [2.45, 2.75) is 32.4 Å². The number of nitrogens with zero attached hydrogens (tertiary/aromatic N) is 2. The van der Waals surface area contributed by atoms with Crippen LogP contribution in [0.1, 0.15) is 24.0 Å². The molecular formula is C16H24N2O2. The molecule has 2 rings (SSSR count). The standard InChI is InChI=1S/C16H24N2O2/c1-13-5-7-14(8-6-13)10-17(2)16(20)12-18-9-3-4-15(19)11-18/h5-8,15,19H,3-4,9-12H2,1-2H3. The molecule has 0 spiro atoms. The predicted molar refractivity (Wildman–Crippen MR) is 79.3 cm³/mol. The van der Waals surface area contributed by atoms with Crippen molar-refractivity contribution in [2.75, 3.05) is 26.7 Å². The van der Waals surface area contributed by atoms with E-state index in [0.29, 0.717) is 19.6 Å². The summed E-state index contributed by atoms with van der Waals surface area (Å²) in [6.45, 7) is 4.61. The number of β-amino-alcohol motifs (C(OH)–C–C–N with tert-alkyl or cyclic N) is 1. The van der Waals surface area contributed by atoms with Crippen molar-refractivity contribution < 1.29 is 9.90 Å². The van der Waals surface area contributed by atoms with Crippen LogP contribution in [0.3, 0.4) is 0 Å². The van der Waals surface area contributed by atoms with Crippen LogP contribution in [0.2, 0.25) is 0 Å². The van der Waals surface area contributed by atoms with Gasteiger partial charge in [0, 0.05) is 20.1 Å². The van der Waals surface area contributed by atoms with Crippen molar-refractivity contribution >= 4 is 5.91 Å². The summed E-state index contributed by atoms with van der Waals surface area (Å²) in [7, 11) is 1.84. The lowest BCUT2D eigenvalue weighted by Crippen LogP contribution is -2.44. The van der Waals surface area contributed by atoms with Crippen LogP contribution in [0.25, 0.3) is 0 Å². The third kappa shape index (κ3) is 4.32. The molecule has 0 radical (unpaired) electrons. The highest BCUT2D eigenvalue weighted by atomic mass is 16.3. The van der Waals surface area contributed by atoms with Gasteiger partial charge in [-0.3, -0.25) is 9.69 Å². The summed E-state index contributed by atoms with van der Waals surface area (Å²) in [5.41, 5.74) is 2.37. The Labute approximate surface area is 121 Å². The molecule has 1 aromatic carbocycles. The Morgan fingerprint density at radius 1 is 1.40 bits per heavy atom. The first-order valence-corrected chi connectivity index (χ1v) is 7.24. The normalized spacial score (nSPS) is 19.9. The Morgan fingerprint density at radius 2 is 2.10 bits per heavy atom. The van der Waals surface area contributed by atoms with Gasteiger partial charge in [-0.25, -0.2) is 0 Å². The van der Waals surface area contributed by atoms with Crippen LogP contribution in [0.15, 0.2) is 24.3 Å². The summed E-state index contributed by atoms with van der Waals surface area (Å²) in [5, 5.41) is 9.63. The Hall–Kier alpha value is -1.39. The molecular weight excluding hydrogens is 252 g/mol. The molecule has 110 valence electrons. The van der Waals surface area contributed by atoms with E-state index in [9.17, 15) is 9.90 Å². The molecule has 1 unspecified atom stereocenters. The first-order valence-electron chi connectivity index (χ1n) is 7.24. The first kappa shape index (κ1) is 15.0. The third-order valence-electron chi connectivity index (χ3n) is 3.81. The SMILES string of the molecule is Cc1ccc(CN(C)C(=O)CN2CCCC(O)C2)cc1. The summed E-state index contributed by atoms with van der Waals surface area (Å²) >= 11 is 0. The average molecular weight is 276 g/mol. The van der Waals surface area contributed by atoms with Gasteiger partial charge in [0.1, 0.15) is 0 Å². The molecule has 1 N–H and O–H groups in total. The predicted octanol–water partition coefficient (Wildman–Crippen LogP) is 1.41. The monoisotopic (exact) mass is 276 g/mol. The number of likely N-dealkylation sites (tertiary alicyclic amines) is 1. The van der Waals surface area contributed by atoms with E-state index in [2.05, 4.69) is 31.2 Å². The number of likely N-dealkylation sites (N-methyl/N-ethyl adjacent to an activating group) is 1. The fourth-order valence-corrected chi connectivity index (χ4v) is 2.54. The van der Waals surface area contributed by atoms with Crippen LogP contribution >= 0.6 is 0 Å². The lowest BCUT2D eigenvalue weighted by Gasteiger charge is -2.30. The third-order valence-corrected chi connectivity index (χ3v) is 3.81. The minimum Gasteiger partial charge on any atom is -0.392 e. The second kappa shape index (κ2) is 6.86. The second-order valence-electron chi connectivity index (χ2n) is 5.77. The van der Waals surface area contributed by atoms with E-state index in [0.717, 1.165) is 24.9 Å². The summed E-state index contributed by atoms with van der Waals surface area (Å²) in [5.74, 6) is 0.111. The summed E-state index contributed by atoms with van der Waals surface area (Å²) in [6, 6.07) is 8.25. The van der Waals surface area contributed by atoms with E-state index in [1.807, 2.05) is 11.9 Å². The van der Waals surface area contributed by atoms with Gasteiger partial charge in [0.15, 0.2) is 0 Å². The highest BCUT2D eigenvalue weighted by molar-refractivity contribution is 5.78. The molecule has 1 fully saturated rings. The molecule has 1 aliphatic heterocycles. The molecule has 1 saturated heterocycles. The number of piperidine rings is 1. The van der Waals surface area contributed by atoms with E-state index in [4.69, 9.17) is 0 Å². The molecule has 0 bridgehead atoms. The van der Waals surface area contributed by atoms with E-state index in [-0.39, 0.29) is 12.0 Å². The van der Waals surface area contributed by atoms with Crippen LogP contribution in [-0.4, -0.2) is 53.6 Å². The van der Waals surface area contributed by atoms with Gasteiger partial charge in [-0.15, -0.1) is 0 Å². The maximum Gasteiger partial charge on any atom is 0.236 e. The lowest BCUT2D eigenvalue weighted by molar-refractivity contribution is -0.132. The number of carbonyl (C=O) groups is 1.